The second kappa shape index (κ2) is 8.20. The smallest absolute Gasteiger partial charge is 0.355 e. The van der Waals surface area contributed by atoms with Crippen molar-refractivity contribution in [1.82, 2.24) is 4.98 Å². The van der Waals surface area contributed by atoms with Crippen LogP contribution in [0.25, 0.3) is 0 Å². The topological polar surface area (TPSA) is 88.3 Å². The lowest BCUT2D eigenvalue weighted by Crippen LogP contribution is -2.22. The Morgan fingerprint density at radius 2 is 1.81 bits per heavy atom. The summed E-state index contributed by atoms with van der Waals surface area (Å²) in [4.78, 5) is 39.1. The number of hydrogen-bond donors (Lipinski definition) is 2. The van der Waals surface area contributed by atoms with Gasteiger partial charge in [0.2, 0.25) is 0 Å². The van der Waals surface area contributed by atoms with Gasteiger partial charge in [-0.05, 0) is 50.3 Å². The van der Waals surface area contributed by atoms with Crippen LogP contribution in [0.4, 0.5) is 5.69 Å². The van der Waals surface area contributed by atoms with E-state index in [1.54, 1.807) is 13.8 Å². The molecule has 2 rings (SSSR count). The number of carbonyl (C=O) groups excluding carboxylic acids is 3. The lowest BCUT2D eigenvalue weighted by atomic mass is 9.98. The summed E-state index contributed by atoms with van der Waals surface area (Å²) in [6.45, 7) is 10.5. The molecule has 0 spiro atoms. The molecule has 27 heavy (non-hydrogen) atoms. The molecule has 144 valence electrons. The van der Waals surface area contributed by atoms with Crippen molar-refractivity contribution >= 4 is 23.3 Å². The standard InChI is InChI=1S/C21H26N2O4/c1-11(2)16-9-7-8-12(3)19(16)23-17(25)10-27-21(26)20-13(4)18(15(6)24)14(5)22-20/h7-9,11,22H,10H2,1-6H3,(H,23,25). The number of Topliss-reactive ketones (excluding diaryl/α,β-unsaturated/α-hetero) is 1. The van der Waals surface area contributed by atoms with E-state index in [0.29, 0.717) is 16.8 Å². The van der Waals surface area contributed by atoms with Gasteiger partial charge in [-0.2, -0.15) is 0 Å². The number of ether oxygens (including phenoxy) is 1. The number of hydrogen-bond acceptors (Lipinski definition) is 4. The molecule has 2 aromatic rings. The largest absolute Gasteiger partial charge is 0.451 e. The summed E-state index contributed by atoms with van der Waals surface area (Å²) in [6, 6.07) is 5.83. The second-order valence-corrected chi connectivity index (χ2v) is 7.00. The monoisotopic (exact) mass is 370 g/mol. The predicted molar refractivity (Wildman–Crippen MR) is 104 cm³/mol. The summed E-state index contributed by atoms with van der Waals surface area (Å²) in [7, 11) is 0. The molecule has 2 N–H and O–H groups in total. The fourth-order valence-electron chi connectivity index (χ4n) is 3.20. The van der Waals surface area contributed by atoms with Crippen LogP contribution in [0.1, 0.15) is 69.9 Å². The van der Waals surface area contributed by atoms with Crippen molar-refractivity contribution in [3.05, 3.63) is 51.8 Å². The van der Waals surface area contributed by atoms with Gasteiger partial charge in [0, 0.05) is 16.9 Å². The number of aromatic nitrogens is 1. The van der Waals surface area contributed by atoms with Crippen molar-refractivity contribution in [1.29, 1.82) is 0 Å². The van der Waals surface area contributed by atoms with E-state index < -0.39 is 18.5 Å². The average Bonchev–Trinajstić information content (AvgIpc) is 2.88. The molecule has 1 aromatic carbocycles. The molecule has 6 nitrogen and oxygen atoms in total. The van der Waals surface area contributed by atoms with Gasteiger partial charge in [0.05, 0.1) is 0 Å². The normalized spacial score (nSPS) is 10.8. The third-order valence-electron chi connectivity index (χ3n) is 4.52. The molecule has 0 unspecified atom stereocenters. The fraction of sp³-hybridized carbons (Fsp3) is 0.381. The van der Waals surface area contributed by atoms with Crippen LogP contribution in [0, 0.1) is 20.8 Å². The zero-order chi connectivity index (χ0) is 20.3. The van der Waals surface area contributed by atoms with Crippen LogP contribution in [-0.4, -0.2) is 29.3 Å². The number of aryl methyl sites for hydroxylation is 2. The van der Waals surface area contributed by atoms with Crippen molar-refractivity contribution in [2.75, 3.05) is 11.9 Å². The number of anilines is 1. The molecule has 0 atom stereocenters. The van der Waals surface area contributed by atoms with Gasteiger partial charge in [0.25, 0.3) is 5.91 Å². The minimum absolute atomic E-state index is 0.126. The van der Waals surface area contributed by atoms with Crippen LogP contribution in [-0.2, 0) is 9.53 Å². The quantitative estimate of drug-likeness (QED) is 0.593. The highest BCUT2D eigenvalue weighted by Crippen LogP contribution is 2.27. The van der Waals surface area contributed by atoms with E-state index >= 15 is 0 Å². The Balaban J connectivity index is 2.08. The van der Waals surface area contributed by atoms with Gasteiger partial charge in [-0.15, -0.1) is 0 Å². The Labute approximate surface area is 159 Å². The van der Waals surface area contributed by atoms with Crippen molar-refractivity contribution in [2.45, 2.75) is 47.5 Å². The van der Waals surface area contributed by atoms with E-state index in [4.69, 9.17) is 4.74 Å². The third-order valence-corrected chi connectivity index (χ3v) is 4.52. The van der Waals surface area contributed by atoms with Crippen molar-refractivity contribution in [3.63, 3.8) is 0 Å². The third kappa shape index (κ3) is 4.45. The minimum atomic E-state index is -0.660. The van der Waals surface area contributed by atoms with Crippen LogP contribution in [0.3, 0.4) is 0 Å². The zero-order valence-electron chi connectivity index (χ0n) is 16.6. The van der Waals surface area contributed by atoms with E-state index in [0.717, 1.165) is 16.8 Å². The molecule has 0 bridgehead atoms. The number of ketones is 1. The van der Waals surface area contributed by atoms with Gasteiger partial charge in [-0.1, -0.05) is 32.0 Å². The van der Waals surface area contributed by atoms with E-state index in [1.165, 1.54) is 6.92 Å². The molecule has 0 aliphatic heterocycles. The molecular weight excluding hydrogens is 344 g/mol. The molecule has 0 radical (unpaired) electrons. The maximum absolute atomic E-state index is 12.3. The summed E-state index contributed by atoms with van der Waals surface area (Å²) in [5.41, 5.74) is 4.54. The molecule has 6 heteroatoms. The van der Waals surface area contributed by atoms with Crippen LogP contribution >= 0.6 is 0 Å². The first-order valence-electron chi connectivity index (χ1n) is 8.90. The lowest BCUT2D eigenvalue weighted by Gasteiger charge is -2.16. The van der Waals surface area contributed by atoms with E-state index in [2.05, 4.69) is 10.3 Å². The number of rotatable bonds is 6. The number of para-hydroxylation sites is 1. The van der Waals surface area contributed by atoms with Crippen molar-refractivity contribution in [2.24, 2.45) is 0 Å². The minimum Gasteiger partial charge on any atom is -0.451 e. The maximum atomic E-state index is 12.3. The van der Waals surface area contributed by atoms with E-state index in [1.807, 2.05) is 39.0 Å². The number of esters is 1. The Kier molecular flexibility index (Phi) is 6.20. The Hall–Kier alpha value is -2.89. The molecule has 0 saturated carbocycles. The molecule has 0 fully saturated rings. The molecular formula is C21H26N2O4. The van der Waals surface area contributed by atoms with Crippen LogP contribution < -0.4 is 5.32 Å². The number of carbonyl (C=O) groups is 3. The second-order valence-electron chi connectivity index (χ2n) is 7.00. The highest BCUT2D eigenvalue weighted by atomic mass is 16.5. The lowest BCUT2D eigenvalue weighted by molar-refractivity contribution is -0.119. The Morgan fingerprint density at radius 3 is 2.37 bits per heavy atom. The van der Waals surface area contributed by atoms with Gasteiger partial charge < -0.3 is 15.0 Å². The molecule has 1 aromatic heterocycles. The molecule has 0 aliphatic rings. The molecule has 1 amide bonds. The Bertz CT molecular complexity index is 894. The Morgan fingerprint density at radius 1 is 1.15 bits per heavy atom. The number of nitrogens with one attached hydrogen (secondary N) is 2. The summed E-state index contributed by atoms with van der Waals surface area (Å²) < 4.78 is 5.14. The first-order chi connectivity index (χ1) is 12.6. The van der Waals surface area contributed by atoms with Gasteiger partial charge in [-0.25, -0.2) is 4.79 Å². The molecule has 0 saturated heterocycles. The molecule has 1 heterocycles. The van der Waals surface area contributed by atoms with Crippen molar-refractivity contribution in [3.8, 4) is 0 Å². The summed E-state index contributed by atoms with van der Waals surface area (Å²) in [5.74, 6) is -0.949. The van der Waals surface area contributed by atoms with Crippen LogP contribution in [0.5, 0.6) is 0 Å². The maximum Gasteiger partial charge on any atom is 0.355 e. The van der Waals surface area contributed by atoms with Gasteiger partial charge >= 0.3 is 5.97 Å². The number of aromatic amines is 1. The first kappa shape index (κ1) is 20.4. The SMILES string of the molecule is CC(=O)c1c(C)[nH]c(C(=O)OCC(=O)Nc2c(C)cccc2C(C)C)c1C. The van der Waals surface area contributed by atoms with E-state index in [-0.39, 0.29) is 17.4 Å². The molecule has 0 aliphatic carbocycles. The van der Waals surface area contributed by atoms with Crippen molar-refractivity contribution < 1.29 is 19.1 Å². The number of amides is 1. The average molecular weight is 370 g/mol. The first-order valence-corrected chi connectivity index (χ1v) is 8.90. The summed E-state index contributed by atoms with van der Waals surface area (Å²) >= 11 is 0. The van der Waals surface area contributed by atoms with Gasteiger partial charge in [-0.3, -0.25) is 9.59 Å². The van der Waals surface area contributed by atoms with Gasteiger partial charge in [0.1, 0.15) is 5.69 Å². The number of H-pyrrole nitrogens is 1. The predicted octanol–water partition coefficient (Wildman–Crippen LogP) is 4.06. The highest BCUT2D eigenvalue weighted by molar-refractivity contribution is 6.02. The number of benzene rings is 1. The van der Waals surface area contributed by atoms with Crippen LogP contribution in [0.15, 0.2) is 18.2 Å². The zero-order valence-corrected chi connectivity index (χ0v) is 16.6. The van der Waals surface area contributed by atoms with E-state index in [9.17, 15) is 14.4 Å². The van der Waals surface area contributed by atoms with Gasteiger partial charge in [0.15, 0.2) is 12.4 Å². The fourth-order valence-corrected chi connectivity index (χ4v) is 3.20. The highest BCUT2D eigenvalue weighted by Gasteiger charge is 2.21. The summed E-state index contributed by atoms with van der Waals surface area (Å²) in [6.07, 6.45) is 0. The summed E-state index contributed by atoms with van der Waals surface area (Å²) in [5, 5.41) is 2.84. The van der Waals surface area contributed by atoms with Crippen LogP contribution in [0.2, 0.25) is 0 Å².